The molecule has 0 unspecified atom stereocenters. The molecule has 2 aliphatic carbocycles. The summed E-state index contributed by atoms with van der Waals surface area (Å²) in [6, 6.07) is 80.9. The normalized spacial score (nSPS) is 14.4. The second-order valence-electron chi connectivity index (χ2n) is 17.1. The summed E-state index contributed by atoms with van der Waals surface area (Å²) in [5, 5.41) is 2.64. The van der Waals surface area contributed by atoms with E-state index in [0.717, 1.165) is 29.9 Å². The van der Waals surface area contributed by atoms with Gasteiger partial charge in [-0.05, 0) is 136 Å². The standard InChI is InChI=1S/C61H42N2S/c1-3-16-41(17-4-1)42-30-35-46(36-31-42)62(47-37-32-43(33-38-47)44-34-39-59-50(40-44)48-20-8-14-29-58(48)64-59)57-28-15-25-54-60(57)49-21-7-9-22-51(49)61(54)52-23-10-12-26-55(52)63(45-18-5-2-6-19-45)56-27-13-11-24-53(56)61/h1-6,8-20,22-40H,7,21H2. The molecule has 0 saturated carbocycles. The Morgan fingerprint density at radius 3 is 1.73 bits per heavy atom. The Balaban J connectivity index is 1.02. The molecule has 0 saturated heterocycles. The maximum atomic E-state index is 2.51. The monoisotopic (exact) mass is 834 g/mol. The molecule has 2 heterocycles. The van der Waals surface area contributed by atoms with Gasteiger partial charge in [0.05, 0.1) is 22.5 Å². The summed E-state index contributed by atoms with van der Waals surface area (Å²) < 4.78 is 2.65. The molecule has 0 amide bonds. The number of allylic oxidation sites excluding steroid dienone is 4. The van der Waals surface area contributed by atoms with E-state index in [1.807, 2.05) is 11.3 Å². The van der Waals surface area contributed by atoms with Crippen LogP contribution in [0, 0.1) is 0 Å². The highest BCUT2D eigenvalue weighted by Gasteiger charge is 2.53. The first kappa shape index (κ1) is 36.9. The predicted octanol–water partition coefficient (Wildman–Crippen LogP) is 17.1. The Kier molecular flexibility index (Phi) is 8.47. The van der Waals surface area contributed by atoms with Crippen molar-refractivity contribution in [1.29, 1.82) is 0 Å². The molecular formula is C61H42N2S. The zero-order valence-corrected chi connectivity index (χ0v) is 36.0. The van der Waals surface area contributed by atoms with Crippen molar-refractivity contribution < 1.29 is 0 Å². The lowest BCUT2D eigenvalue weighted by molar-refractivity contribution is 0.742. The molecule has 3 heteroatoms. The number of hydrogen-bond acceptors (Lipinski definition) is 3. The van der Waals surface area contributed by atoms with Crippen LogP contribution in [0.15, 0.2) is 236 Å². The number of rotatable bonds is 6. The second-order valence-corrected chi connectivity index (χ2v) is 18.2. The van der Waals surface area contributed by atoms with Gasteiger partial charge in [0.15, 0.2) is 0 Å². The highest BCUT2D eigenvalue weighted by molar-refractivity contribution is 7.25. The molecule has 2 nitrogen and oxygen atoms in total. The molecule has 1 spiro atoms. The van der Waals surface area contributed by atoms with Crippen molar-refractivity contribution in [2.24, 2.45) is 0 Å². The highest BCUT2D eigenvalue weighted by Crippen LogP contribution is 2.65. The molecule has 3 aliphatic rings. The van der Waals surface area contributed by atoms with Crippen molar-refractivity contribution in [2.45, 2.75) is 18.3 Å². The first-order valence-electron chi connectivity index (χ1n) is 22.3. The third-order valence-corrected chi connectivity index (χ3v) is 14.9. The number of benzene rings is 9. The fraction of sp³-hybridized carbons (Fsp3) is 0.0492. The van der Waals surface area contributed by atoms with Crippen molar-refractivity contribution in [3.63, 3.8) is 0 Å². The Morgan fingerprint density at radius 2 is 1.02 bits per heavy atom. The van der Waals surface area contributed by atoms with Crippen LogP contribution < -0.4 is 9.80 Å². The van der Waals surface area contributed by atoms with Crippen molar-refractivity contribution in [3.05, 3.63) is 258 Å². The summed E-state index contributed by atoms with van der Waals surface area (Å²) in [5.74, 6) is 0. The number of thiophene rings is 1. The minimum absolute atomic E-state index is 0.507. The van der Waals surface area contributed by atoms with Crippen LogP contribution in [0.5, 0.6) is 0 Å². The number of fused-ring (bicyclic) bond motifs is 11. The molecule has 13 rings (SSSR count). The van der Waals surface area contributed by atoms with E-state index in [-0.39, 0.29) is 0 Å². The second kappa shape index (κ2) is 14.7. The quantitative estimate of drug-likeness (QED) is 0.165. The van der Waals surface area contributed by atoms with E-state index in [0.29, 0.717) is 0 Å². The van der Waals surface area contributed by atoms with E-state index in [1.54, 1.807) is 0 Å². The molecule has 0 radical (unpaired) electrons. The lowest BCUT2D eigenvalue weighted by atomic mass is 9.63. The van der Waals surface area contributed by atoms with Gasteiger partial charge in [0.2, 0.25) is 0 Å². The summed E-state index contributed by atoms with van der Waals surface area (Å²) in [6.45, 7) is 0. The SMILES string of the molecule is C1=CC2=C(CC1)c1c(N(c3ccc(-c4ccccc4)cc3)c3ccc(-c4ccc5sc6ccccc6c5c4)cc3)cccc1C21c2ccccc2N(c2ccccc2)c2ccccc21. The van der Waals surface area contributed by atoms with Gasteiger partial charge in [-0.1, -0.05) is 158 Å². The first-order valence-corrected chi connectivity index (χ1v) is 23.1. The van der Waals surface area contributed by atoms with Crippen LogP contribution in [-0.4, -0.2) is 0 Å². The number of anilines is 6. The van der Waals surface area contributed by atoms with Crippen molar-refractivity contribution in [3.8, 4) is 22.3 Å². The number of para-hydroxylation sites is 3. The zero-order valence-electron chi connectivity index (χ0n) is 35.2. The Morgan fingerprint density at radius 1 is 0.453 bits per heavy atom. The Hall–Kier alpha value is -7.72. The molecule has 10 aromatic rings. The topological polar surface area (TPSA) is 6.48 Å². The molecule has 9 aromatic carbocycles. The smallest absolute Gasteiger partial charge is 0.0751 e. The first-order chi connectivity index (χ1) is 31.8. The maximum Gasteiger partial charge on any atom is 0.0751 e. The Labute approximate surface area is 378 Å². The van der Waals surface area contributed by atoms with Gasteiger partial charge < -0.3 is 9.80 Å². The van der Waals surface area contributed by atoms with Gasteiger partial charge in [0.25, 0.3) is 0 Å². The summed E-state index contributed by atoms with van der Waals surface area (Å²) in [6.07, 6.45) is 6.84. The molecule has 64 heavy (non-hydrogen) atoms. The minimum atomic E-state index is -0.507. The van der Waals surface area contributed by atoms with E-state index in [2.05, 4.69) is 240 Å². The molecule has 1 aliphatic heterocycles. The van der Waals surface area contributed by atoms with Gasteiger partial charge in [-0.3, -0.25) is 0 Å². The van der Waals surface area contributed by atoms with Crippen LogP contribution in [0.2, 0.25) is 0 Å². The summed E-state index contributed by atoms with van der Waals surface area (Å²) in [5.41, 5.74) is 19.5. The van der Waals surface area contributed by atoms with Crippen molar-refractivity contribution in [2.75, 3.05) is 9.80 Å². The van der Waals surface area contributed by atoms with Crippen LogP contribution in [-0.2, 0) is 5.41 Å². The fourth-order valence-corrected chi connectivity index (χ4v) is 12.1. The van der Waals surface area contributed by atoms with Crippen LogP contribution in [0.3, 0.4) is 0 Å². The van der Waals surface area contributed by atoms with Crippen LogP contribution in [0.1, 0.15) is 35.1 Å². The van der Waals surface area contributed by atoms with Gasteiger partial charge in [-0.15, -0.1) is 11.3 Å². The molecule has 0 atom stereocenters. The lowest BCUT2D eigenvalue weighted by Crippen LogP contribution is -2.36. The van der Waals surface area contributed by atoms with Gasteiger partial charge in [0, 0.05) is 42.8 Å². The fourth-order valence-electron chi connectivity index (χ4n) is 11.0. The van der Waals surface area contributed by atoms with E-state index < -0.39 is 5.41 Å². The van der Waals surface area contributed by atoms with Crippen LogP contribution >= 0.6 is 11.3 Å². The number of hydrogen-bond donors (Lipinski definition) is 0. The van der Waals surface area contributed by atoms with Crippen molar-refractivity contribution >= 4 is 71.2 Å². The molecule has 0 fully saturated rings. The van der Waals surface area contributed by atoms with E-state index in [4.69, 9.17) is 0 Å². The largest absolute Gasteiger partial charge is 0.310 e. The van der Waals surface area contributed by atoms with Crippen molar-refractivity contribution in [1.82, 2.24) is 0 Å². The van der Waals surface area contributed by atoms with E-state index in [1.165, 1.54) is 92.9 Å². The molecule has 302 valence electrons. The number of nitrogens with zero attached hydrogens (tertiary/aromatic N) is 2. The minimum Gasteiger partial charge on any atom is -0.310 e. The van der Waals surface area contributed by atoms with Gasteiger partial charge in [-0.2, -0.15) is 0 Å². The van der Waals surface area contributed by atoms with Crippen LogP contribution in [0.25, 0.3) is 48.0 Å². The third-order valence-electron chi connectivity index (χ3n) is 13.7. The average Bonchev–Trinajstić information content (AvgIpc) is 3.89. The van der Waals surface area contributed by atoms with E-state index in [9.17, 15) is 0 Å². The molecule has 1 aromatic heterocycles. The molecule has 0 N–H and O–H groups in total. The lowest BCUT2D eigenvalue weighted by Gasteiger charge is -2.45. The summed E-state index contributed by atoms with van der Waals surface area (Å²) >= 11 is 1.87. The van der Waals surface area contributed by atoms with Gasteiger partial charge in [-0.25, -0.2) is 0 Å². The summed E-state index contributed by atoms with van der Waals surface area (Å²) in [4.78, 5) is 4.97. The van der Waals surface area contributed by atoms with Gasteiger partial charge in [0.1, 0.15) is 0 Å². The highest BCUT2D eigenvalue weighted by atomic mass is 32.1. The molecule has 0 bridgehead atoms. The maximum absolute atomic E-state index is 2.51. The molecular weight excluding hydrogens is 793 g/mol. The predicted molar refractivity (Wildman–Crippen MR) is 271 cm³/mol. The zero-order chi connectivity index (χ0) is 42.2. The van der Waals surface area contributed by atoms with Gasteiger partial charge >= 0.3 is 0 Å². The summed E-state index contributed by atoms with van der Waals surface area (Å²) in [7, 11) is 0. The third kappa shape index (κ3) is 5.51. The average molecular weight is 835 g/mol. The Bertz CT molecular complexity index is 3440. The van der Waals surface area contributed by atoms with Crippen LogP contribution in [0.4, 0.5) is 34.1 Å². The van der Waals surface area contributed by atoms with E-state index >= 15 is 0 Å².